The molecule has 1 nitrogen and oxygen atoms in total. The first-order chi connectivity index (χ1) is 7.54. The van der Waals surface area contributed by atoms with E-state index < -0.39 is 0 Å². The smallest absolute Gasteiger partial charge is 0.0363 e. The van der Waals surface area contributed by atoms with E-state index in [0.717, 1.165) is 24.8 Å². The van der Waals surface area contributed by atoms with Crippen molar-refractivity contribution in [1.29, 1.82) is 0 Å². The summed E-state index contributed by atoms with van der Waals surface area (Å²) in [4.78, 5) is 2.35. The molecule has 0 saturated heterocycles. The maximum absolute atomic E-state index is 2.35. The van der Waals surface area contributed by atoms with Crippen molar-refractivity contribution >= 4 is 5.69 Å². The second-order valence-corrected chi connectivity index (χ2v) is 5.12. The molecule has 0 radical (unpaired) electrons. The number of anilines is 1. The van der Waals surface area contributed by atoms with Crippen LogP contribution in [0.15, 0.2) is 24.3 Å². The summed E-state index contributed by atoms with van der Waals surface area (Å²) in [5, 5.41) is 0. The topological polar surface area (TPSA) is 3.24 Å². The van der Waals surface area contributed by atoms with Gasteiger partial charge in [-0.3, -0.25) is 0 Å². The third-order valence-electron chi connectivity index (χ3n) is 3.49. The molecule has 0 heterocycles. The third-order valence-corrected chi connectivity index (χ3v) is 3.49. The highest BCUT2D eigenvalue weighted by molar-refractivity contribution is 5.46. The summed E-state index contributed by atoms with van der Waals surface area (Å²) < 4.78 is 0. The monoisotopic (exact) mass is 219 g/mol. The number of benzene rings is 1. The summed E-state index contributed by atoms with van der Waals surface area (Å²) in [7, 11) is 2.18. The van der Waals surface area contributed by atoms with Crippen molar-refractivity contribution < 1.29 is 0 Å². The van der Waals surface area contributed by atoms with Crippen molar-refractivity contribution in [2.45, 2.75) is 34.1 Å². The Balaban J connectivity index is 2.62. The molecule has 0 spiro atoms. The van der Waals surface area contributed by atoms with Crippen LogP contribution < -0.4 is 4.90 Å². The van der Waals surface area contributed by atoms with Gasteiger partial charge in [-0.25, -0.2) is 0 Å². The molecule has 0 fully saturated rings. The molecule has 1 rings (SSSR count). The lowest BCUT2D eigenvalue weighted by molar-refractivity contribution is 0.423. The van der Waals surface area contributed by atoms with Crippen molar-refractivity contribution in [3.05, 3.63) is 29.8 Å². The molecule has 1 unspecified atom stereocenters. The molecule has 0 aliphatic heterocycles. The Morgan fingerprint density at radius 3 is 2.06 bits per heavy atom. The van der Waals surface area contributed by atoms with Crippen LogP contribution in [-0.4, -0.2) is 13.6 Å². The van der Waals surface area contributed by atoms with E-state index in [1.54, 1.807) is 0 Å². The molecule has 0 amide bonds. The van der Waals surface area contributed by atoms with Gasteiger partial charge in [-0.1, -0.05) is 39.8 Å². The number of rotatable bonds is 5. The summed E-state index contributed by atoms with van der Waals surface area (Å²) in [5.74, 6) is 1.48. The molecular weight excluding hydrogens is 194 g/mol. The fourth-order valence-corrected chi connectivity index (χ4v) is 1.73. The number of aryl methyl sites for hydroxylation is 1. The minimum absolute atomic E-state index is 0.732. The molecule has 1 aromatic carbocycles. The molecule has 1 aromatic rings. The van der Waals surface area contributed by atoms with E-state index in [4.69, 9.17) is 0 Å². The Bertz CT molecular complexity index is 300. The fourth-order valence-electron chi connectivity index (χ4n) is 1.73. The normalized spacial score (nSPS) is 12.9. The van der Waals surface area contributed by atoms with E-state index in [2.05, 4.69) is 63.9 Å². The van der Waals surface area contributed by atoms with E-state index in [1.165, 1.54) is 11.3 Å². The third kappa shape index (κ3) is 3.55. The molecule has 0 aromatic heterocycles. The van der Waals surface area contributed by atoms with Crippen molar-refractivity contribution in [3.8, 4) is 0 Å². The lowest BCUT2D eigenvalue weighted by Crippen LogP contribution is -2.26. The minimum Gasteiger partial charge on any atom is -0.374 e. The van der Waals surface area contributed by atoms with Gasteiger partial charge in [0, 0.05) is 19.3 Å². The predicted molar refractivity (Wildman–Crippen MR) is 73.1 cm³/mol. The van der Waals surface area contributed by atoms with Crippen molar-refractivity contribution in [2.24, 2.45) is 11.8 Å². The van der Waals surface area contributed by atoms with Gasteiger partial charge in [0.05, 0.1) is 0 Å². The van der Waals surface area contributed by atoms with Gasteiger partial charge < -0.3 is 4.90 Å². The fraction of sp³-hybridized carbons (Fsp3) is 0.600. The minimum atomic E-state index is 0.732. The van der Waals surface area contributed by atoms with Gasteiger partial charge in [0.25, 0.3) is 0 Å². The zero-order chi connectivity index (χ0) is 12.1. The lowest BCUT2D eigenvalue weighted by atomic mass is 9.97. The van der Waals surface area contributed by atoms with Gasteiger partial charge in [-0.15, -0.1) is 0 Å². The zero-order valence-electron chi connectivity index (χ0n) is 11.3. The molecule has 0 saturated carbocycles. The molecule has 0 aliphatic rings. The van der Waals surface area contributed by atoms with E-state index >= 15 is 0 Å². The first kappa shape index (κ1) is 13.1. The highest BCUT2D eigenvalue weighted by Crippen LogP contribution is 2.18. The highest BCUT2D eigenvalue weighted by atomic mass is 15.1. The molecule has 90 valence electrons. The molecule has 0 bridgehead atoms. The Kier molecular flexibility index (Phi) is 4.85. The van der Waals surface area contributed by atoms with Gasteiger partial charge >= 0.3 is 0 Å². The van der Waals surface area contributed by atoms with Crippen LogP contribution >= 0.6 is 0 Å². The van der Waals surface area contributed by atoms with Crippen molar-refractivity contribution in [2.75, 3.05) is 18.5 Å². The van der Waals surface area contributed by atoms with E-state index in [-0.39, 0.29) is 0 Å². The first-order valence-corrected chi connectivity index (χ1v) is 6.34. The lowest BCUT2D eigenvalue weighted by Gasteiger charge is -2.25. The molecule has 16 heavy (non-hydrogen) atoms. The van der Waals surface area contributed by atoms with Gasteiger partial charge in [0.15, 0.2) is 0 Å². The predicted octanol–water partition coefficient (Wildman–Crippen LogP) is 3.98. The Hall–Kier alpha value is -0.980. The van der Waals surface area contributed by atoms with Gasteiger partial charge in [0.1, 0.15) is 0 Å². The Morgan fingerprint density at radius 2 is 1.62 bits per heavy atom. The number of hydrogen-bond donors (Lipinski definition) is 0. The van der Waals surface area contributed by atoms with Crippen LogP contribution in [0.1, 0.15) is 33.3 Å². The molecule has 0 aliphatic carbocycles. The van der Waals surface area contributed by atoms with Gasteiger partial charge in [0.2, 0.25) is 0 Å². The summed E-state index contributed by atoms with van der Waals surface area (Å²) in [6, 6.07) is 8.91. The van der Waals surface area contributed by atoms with E-state index in [1.807, 2.05) is 0 Å². The molecule has 0 N–H and O–H groups in total. The zero-order valence-corrected chi connectivity index (χ0v) is 11.3. The summed E-state index contributed by atoms with van der Waals surface area (Å²) in [6.45, 7) is 10.2. The van der Waals surface area contributed by atoms with Crippen LogP contribution in [0, 0.1) is 11.8 Å². The summed E-state index contributed by atoms with van der Waals surface area (Å²) in [5.41, 5.74) is 2.73. The largest absolute Gasteiger partial charge is 0.374 e. The van der Waals surface area contributed by atoms with Crippen LogP contribution in [0.5, 0.6) is 0 Å². The van der Waals surface area contributed by atoms with Gasteiger partial charge in [-0.05, 0) is 36.0 Å². The maximum Gasteiger partial charge on any atom is 0.0363 e. The second kappa shape index (κ2) is 5.93. The van der Waals surface area contributed by atoms with E-state index in [0.29, 0.717) is 0 Å². The van der Waals surface area contributed by atoms with E-state index in [9.17, 15) is 0 Å². The Morgan fingerprint density at radius 1 is 1.06 bits per heavy atom. The summed E-state index contributed by atoms with van der Waals surface area (Å²) >= 11 is 0. The van der Waals surface area contributed by atoms with Crippen LogP contribution in [0.25, 0.3) is 0 Å². The quantitative estimate of drug-likeness (QED) is 0.724. The van der Waals surface area contributed by atoms with Crippen molar-refractivity contribution in [3.63, 3.8) is 0 Å². The van der Waals surface area contributed by atoms with Crippen LogP contribution in [0.2, 0.25) is 0 Å². The average Bonchev–Trinajstić information content (AvgIpc) is 2.28. The SMILES string of the molecule is CCc1ccc(N(C)CC(C)C(C)C)cc1. The maximum atomic E-state index is 2.35. The standard InChI is InChI=1S/C15H25N/c1-6-14-7-9-15(10-8-14)16(5)11-13(4)12(2)3/h7-10,12-13H,6,11H2,1-5H3. The van der Waals surface area contributed by atoms with Crippen LogP contribution in [0.4, 0.5) is 5.69 Å². The number of nitrogens with zero attached hydrogens (tertiary/aromatic N) is 1. The van der Waals surface area contributed by atoms with Crippen LogP contribution in [-0.2, 0) is 6.42 Å². The molecule has 1 atom stereocenters. The highest BCUT2D eigenvalue weighted by Gasteiger charge is 2.10. The second-order valence-electron chi connectivity index (χ2n) is 5.12. The van der Waals surface area contributed by atoms with Crippen LogP contribution in [0.3, 0.4) is 0 Å². The van der Waals surface area contributed by atoms with Crippen molar-refractivity contribution in [1.82, 2.24) is 0 Å². The summed E-state index contributed by atoms with van der Waals surface area (Å²) in [6.07, 6.45) is 1.12. The Labute approximate surface area is 100 Å². The molecule has 1 heteroatoms. The molecular formula is C15H25N. The van der Waals surface area contributed by atoms with Gasteiger partial charge in [-0.2, -0.15) is 0 Å². The number of hydrogen-bond acceptors (Lipinski definition) is 1. The average molecular weight is 219 g/mol. The first-order valence-electron chi connectivity index (χ1n) is 6.34.